The van der Waals surface area contributed by atoms with Crippen molar-refractivity contribution in [1.82, 2.24) is 15.6 Å². The largest absolute Gasteiger partial charge is 0.493 e. The number of pyridine rings is 1. The number of nitrogens with zero attached hydrogens (tertiary/aromatic N) is 2. The normalized spacial score (nSPS) is 13.6. The van der Waals surface area contributed by atoms with Gasteiger partial charge in [0.15, 0.2) is 5.96 Å². The molecule has 1 aliphatic carbocycles. The number of para-hydroxylation sites is 1. The van der Waals surface area contributed by atoms with Gasteiger partial charge in [-0.25, -0.2) is 9.98 Å². The van der Waals surface area contributed by atoms with Crippen LogP contribution in [0.5, 0.6) is 5.75 Å². The molecule has 7 heteroatoms. The van der Waals surface area contributed by atoms with Crippen molar-refractivity contribution >= 4 is 17.7 Å². The first-order chi connectivity index (χ1) is 14.6. The molecule has 3 rings (SSSR count). The summed E-state index contributed by atoms with van der Waals surface area (Å²) >= 11 is 0. The summed E-state index contributed by atoms with van der Waals surface area (Å²) in [4.78, 5) is 21.1. The van der Waals surface area contributed by atoms with Crippen LogP contribution in [0.3, 0.4) is 0 Å². The molecule has 2 aromatic rings. The number of hydrogen-bond acceptors (Lipinski definition) is 4. The van der Waals surface area contributed by atoms with E-state index in [9.17, 15) is 4.79 Å². The predicted octanol–water partition coefficient (Wildman–Crippen LogP) is 3.26. The van der Waals surface area contributed by atoms with Gasteiger partial charge in [0, 0.05) is 30.8 Å². The molecule has 0 atom stereocenters. The van der Waals surface area contributed by atoms with E-state index in [4.69, 9.17) is 4.74 Å². The van der Waals surface area contributed by atoms with Crippen LogP contribution in [0.2, 0.25) is 0 Å². The molecule has 0 saturated heterocycles. The second-order valence-electron chi connectivity index (χ2n) is 7.45. The lowest BCUT2D eigenvalue weighted by Crippen LogP contribution is -2.38. The lowest BCUT2D eigenvalue weighted by atomic mass is 10.2. The summed E-state index contributed by atoms with van der Waals surface area (Å²) in [5, 5.41) is 9.25. The Kier molecular flexibility index (Phi) is 8.06. The highest BCUT2D eigenvalue weighted by atomic mass is 16.5. The topological polar surface area (TPSA) is 87.6 Å². The van der Waals surface area contributed by atoms with Gasteiger partial charge in [0.2, 0.25) is 5.91 Å². The lowest BCUT2D eigenvalue weighted by Gasteiger charge is -2.13. The smallest absolute Gasteiger partial charge is 0.227 e. The molecule has 1 aliphatic rings. The highest BCUT2D eigenvalue weighted by Gasteiger charge is 2.22. The molecule has 0 aliphatic heterocycles. The van der Waals surface area contributed by atoms with E-state index >= 15 is 0 Å². The predicted molar refractivity (Wildman–Crippen MR) is 120 cm³/mol. The monoisotopic (exact) mass is 409 g/mol. The Labute approximate surface area is 178 Å². The zero-order chi connectivity index (χ0) is 21.2. The van der Waals surface area contributed by atoms with Crippen LogP contribution >= 0.6 is 0 Å². The van der Waals surface area contributed by atoms with Crippen LogP contribution in [0.15, 0.2) is 47.5 Å². The highest BCUT2D eigenvalue weighted by Crippen LogP contribution is 2.30. The van der Waals surface area contributed by atoms with Crippen molar-refractivity contribution in [3.63, 3.8) is 0 Å². The summed E-state index contributed by atoms with van der Waals surface area (Å²) < 4.78 is 5.96. The molecule has 160 valence electrons. The van der Waals surface area contributed by atoms with Gasteiger partial charge in [-0.15, -0.1) is 0 Å². The molecule has 3 N–H and O–H groups in total. The van der Waals surface area contributed by atoms with Crippen LogP contribution in [-0.4, -0.2) is 36.5 Å². The van der Waals surface area contributed by atoms with Gasteiger partial charge in [-0.05, 0) is 50.8 Å². The van der Waals surface area contributed by atoms with Crippen LogP contribution in [-0.2, 0) is 11.3 Å². The molecule has 0 bridgehead atoms. The Morgan fingerprint density at radius 3 is 2.77 bits per heavy atom. The number of guanidine groups is 1. The van der Waals surface area contributed by atoms with Crippen LogP contribution < -0.4 is 20.7 Å². The van der Waals surface area contributed by atoms with Gasteiger partial charge < -0.3 is 20.7 Å². The molecule has 0 spiro atoms. The fraction of sp³-hybridized carbons (Fsp3) is 0.435. The van der Waals surface area contributed by atoms with Gasteiger partial charge in [0.25, 0.3) is 0 Å². The highest BCUT2D eigenvalue weighted by molar-refractivity contribution is 5.90. The number of aryl methyl sites for hydroxylation is 1. The Balaban J connectivity index is 1.49. The number of hydrogen-bond donors (Lipinski definition) is 3. The zero-order valence-corrected chi connectivity index (χ0v) is 17.8. The van der Waals surface area contributed by atoms with Crippen molar-refractivity contribution in [1.29, 1.82) is 0 Å². The zero-order valence-electron chi connectivity index (χ0n) is 17.8. The van der Waals surface area contributed by atoms with E-state index in [1.165, 1.54) is 12.8 Å². The average molecular weight is 410 g/mol. The molecule has 1 heterocycles. The maximum Gasteiger partial charge on any atom is 0.227 e. The molecule has 0 unspecified atom stereocenters. The minimum absolute atomic E-state index is 0.0877. The van der Waals surface area contributed by atoms with Crippen LogP contribution in [0.4, 0.5) is 5.82 Å². The van der Waals surface area contributed by atoms with E-state index < -0.39 is 0 Å². The minimum atomic E-state index is -0.0877. The maximum atomic E-state index is 12.2. The number of amides is 1. The second kappa shape index (κ2) is 11.2. The van der Waals surface area contributed by atoms with Crippen molar-refractivity contribution in [3.05, 3.63) is 53.7 Å². The van der Waals surface area contributed by atoms with E-state index in [-0.39, 0.29) is 5.91 Å². The fourth-order valence-corrected chi connectivity index (χ4v) is 2.89. The molecule has 1 aromatic carbocycles. The van der Waals surface area contributed by atoms with E-state index in [1.54, 1.807) is 6.07 Å². The summed E-state index contributed by atoms with van der Waals surface area (Å²) in [5.74, 6) is 2.77. The third-order valence-corrected chi connectivity index (χ3v) is 4.70. The third kappa shape index (κ3) is 7.39. The Morgan fingerprint density at radius 2 is 2.00 bits per heavy atom. The standard InChI is InChI=1S/C23H31N5O2/c1-3-24-23(25-14-13-22(29)28-21-10-6-7-17(2)27-21)26-15-19-8-4-5-9-20(19)30-16-18-11-12-18/h4-10,18H,3,11-16H2,1-2H3,(H2,24,25,26)(H,27,28,29). The molecule has 0 radical (unpaired) electrons. The first kappa shape index (κ1) is 21.6. The number of carbonyl (C=O) groups excluding carboxylic acids is 1. The first-order valence-electron chi connectivity index (χ1n) is 10.6. The Hall–Kier alpha value is -3.09. The van der Waals surface area contributed by atoms with Crippen LogP contribution in [0, 0.1) is 12.8 Å². The van der Waals surface area contributed by atoms with Crippen molar-refractivity contribution in [2.75, 3.05) is 25.0 Å². The summed E-state index contributed by atoms with van der Waals surface area (Å²) in [5.41, 5.74) is 1.92. The van der Waals surface area contributed by atoms with E-state index in [0.29, 0.717) is 37.2 Å². The summed E-state index contributed by atoms with van der Waals surface area (Å²) in [6, 6.07) is 13.6. The van der Waals surface area contributed by atoms with Crippen LogP contribution in [0.25, 0.3) is 0 Å². The number of aliphatic imine (C=N–C) groups is 1. The number of anilines is 1. The summed E-state index contributed by atoms with van der Waals surface area (Å²) in [6.45, 7) is 6.42. The summed E-state index contributed by atoms with van der Waals surface area (Å²) in [7, 11) is 0. The number of ether oxygens (including phenoxy) is 1. The maximum absolute atomic E-state index is 12.2. The van der Waals surface area contributed by atoms with Gasteiger partial charge >= 0.3 is 0 Å². The number of benzene rings is 1. The Morgan fingerprint density at radius 1 is 1.17 bits per heavy atom. The average Bonchev–Trinajstić information content (AvgIpc) is 3.55. The van der Waals surface area contributed by atoms with Crippen molar-refractivity contribution in [3.8, 4) is 5.75 Å². The van der Waals surface area contributed by atoms with Crippen molar-refractivity contribution in [2.45, 2.75) is 39.7 Å². The number of rotatable bonds is 10. The third-order valence-electron chi connectivity index (χ3n) is 4.70. The summed E-state index contributed by atoms with van der Waals surface area (Å²) in [6.07, 6.45) is 2.85. The fourth-order valence-electron chi connectivity index (χ4n) is 2.89. The van der Waals surface area contributed by atoms with Crippen LogP contribution in [0.1, 0.15) is 37.4 Å². The quantitative estimate of drug-likeness (QED) is 0.414. The molecule has 1 amide bonds. The molecule has 1 saturated carbocycles. The first-order valence-corrected chi connectivity index (χ1v) is 10.6. The molecule has 1 aromatic heterocycles. The second-order valence-corrected chi connectivity index (χ2v) is 7.45. The van der Waals surface area contributed by atoms with E-state index in [0.717, 1.165) is 30.2 Å². The van der Waals surface area contributed by atoms with Crippen molar-refractivity contribution in [2.24, 2.45) is 10.9 Å². The Bertz CT molecular complexity index is 864. The number of carbonyl (C=O) groups is 1. The molecule has 1 fully saturated rings. The molecule has 7 nitrogen and oxygen atoms in total. The van der Waals surface area contributed by atoms with Gasteiger partial charge in [0.1, 0.15) is 11.6 Å². The van der Waals surface area contributed by atoms with Crippen molar-refractivity contribution < 1.29 is 9.53 Å². The SMILES string of the molecule is CCNC(=NCc1ccccc1OCC1CC1)NCCC(=O)Nc1cccc(C)n1. The number of nitrogens with one attached hydrogen (secondary N) is 3. The lowest BCUT2D eigenvalue weighted by molar-refractivity contribution is -0.116. The van der Waals surface area contributed by atoms with Gasteiger partial charge in [-0.1, -0.05) is 24.3 Å². The van der Waals surface area contributed by atoms with Gasteiger partial charge in [0.05, 0.1) is 13.2 Å². The number of aromatic nitrogens is 1. The minimum Gasteiger partial charge on any atom is -0.493 e. The molecular formula is C23H31N5O2. The molecule has 30 heavy (non-hydrogen) atoms. The van der Waals surface area contributed by atoms with E-state index in [2.05, 4.69) is 25.9 Å². The molecular weight excluding hydrogens is 378 g/mol. The van der Waals surface area contributed by atoms with E-state index in [1.807, 2.05) is 50.2 Å². The van der Waals surface area contributed by atoms with Gasteiger partial charge in [-0.3, -0.25) is 4.79 Å². The van der Waals surface area contributed by atoms with Gasteiger partial charge in [-0.2, -0.15) is 0 Å².